The van der Waals surface area contributed by atoms with Gasteiger partial charge in [-0.15, -0.1) is 0 Å². The third-order valence-electron chi connectivity index (χ3n) is 9.21. The molecule has 2 aliphatic rings. The fourth-order valence-electron chi connectivity index (χ4n) is 6.47. The van der Waals surface area contributed by atoms with E-state index in [0.717, 1.165) is 60.6 Å². The van der Waals surface area contributed by atoms with Crippen LogP contribution in [0.15, 0.2) is 63.4 Å². The van der Waals surface area contributed by atoms with E-state index in [1.807, 2.05) is 19.1 Å². The summed E-state index contributed by atoms with van der Waals surface area (Å²) < 4.78 is 12.2. The molecule has 0 radical (unpaired) electrons. The molecule has 1 N–H and O–H groups in total. The Morgan fingerprint density at radius 2 is 1.78 bits per heavy atom. The minimum absolute atomic E-state index is 0.512. The first-order valence-electron chi connectivity index (χ1n) is 17.1. The zero-order chi connectivity index (χ0) is 34.9. The van der Waals surface area contributed by atoms with Gasteiger partial charge in [0.15, 0.2) is 11.6 Å². The quantitative estimate of drug-likeness (QED) is 0.123. The second-order valence-corrected chi connectivity index (χ2v) is 15.7. The number of amidine groups is 1. The van der Waals surface area contributed by atoms with Crippen LogP contribution in [0.5, 0.6) is 11.5 Å². The molecule has 12 heteroatoms. The van der Waals surface area contributed by atoms with Crippen LogP contribution >= 0.6 is 23.9 Å². The van der Waals surface area contributed by atoms with E-state index in [9.17, 15) is 0 Å². The average Bonchev–Trinajstić information content (AvgIpc) is 3.12. The number of likely N-dealkylation sites (N-methyl/N-ethyl adjacent to an activating group) is 1. The number of ether oxygens (including phenoxy) is 2. The number of benzene rings is 2. The normalized spacial score (nSPS) is 17.0. The molecule has 49 heavy (non-hydrogen) atoms. The molecule has 0 spiro atoms. The van der Waals surface area contributed by atoms with Crippen molar-refractivity contribution in [2.45, 2.75) is 39.2 Å². The monoisotopic (exact) mass is 748 g/mol. The standard InChI is InChI=1S/C37H50BrN8O2P/c1-8-26-20-32(34(47-5)22-33(26)46-14-12-28(13-15-46)45-18-16-44(4)17-19-45)43-37(30(38)25-39-3)42-31-11-10-27(21-35(31)49(6)7)36-40-23-29(24-41-36)48-9-2/h10-11,20-25,28H,3,8-9,12-19H2,1-2,4-7H3,(H,42,43)/b30-25+. The molecule has 2 fully saturated rings. The Balaban J connectivity index is 1.42. The lowest BCUT2D eigenvalue weighted by Gasteiger charge is -2.43. The van der Waals surface area contributed by atoms with Gasteiger partial charge in [-0.1, -0.05) is 14.8 Å². The van der Waals surface area contributed by atoms with Gasteiger partial charge in [-0.25, -0.2) is 15.0 Å². The molecular weight excluding hydrogens is 699 g/mol. The van der Waals surface area contributed by atoms with E-state index in [4.69, 9.17) is 14.5 Å². The van der Waals surface area contributed by atoms with Gasteiger partial charge in [0.05, 0.1) is 42.0 Å². The van der Waals surface area contributed by atoms with Crippen LogP contribution in [-0.2, 0) is 6.42 Å². The number of halogens is 1. The predicted octanol–water partition coefficient (Wildman–Crippen LogP) is 6.78. The Labute approximate surface area is 301 Å². The Hall–Kier alpha value is -3.37. The minimum atomic E-state index is -0.512. The highest BCUT2D eigenvalue weighted by molar-refractivity contribution is 9.12. The van der Waals surface area contributed by atoms with Gasteiger partial charge in [-0.3, -0.25) is 9.89 Å². The van der Waals surface area contributed by atoms with Gasteiger partial charge in [0.2, 0.25) is 0 Å². The molecule has 262 valence electrons. The number of aryl methyl sites for hydroxylation is 1. The topological polar surface area (TPSA) is 90.7 Å². The number of hydrogen-bond donors (Lipinski definition) is 1. The molecule has 0 atom stereocenters. The van der Waals surface area contributed by atoms with Gasteiger partial charge in [-0.05, 0) is 99.0 Å². The van der Waals surface area contributed by atoms with Gasteiger partial charge in [0, 0.05) is 74.1 Å². The Bertz CT molecular complexity index is 1630. The Kier molecular flexibility index (Phi) is 13.2. The van der Waals surface area contributed by atoms with E-state index in [1.54, 1.807) is 25.7 Å². The van der Waals surface area contributed by atoms with Crippen LogP contribution in [0.2, 0.25) is 0 Å². The molecule has 2 saturated heterocycles. The molecular formula is C37H50BrN8O2P. The Morgan fingerprint density at radius 3 is 2.39 bits per heavy atom. The van der Waals surface area contributed by atoms with Crippen molar-refractivity contribution < 1.29 is 9.47 Å². The van der Waals surface area contributed by atoms with Crippen LogP contribution in [-0.4, -0.2) is 112 Å². The number of aliphatic imine (C=N–C) groups is 2. The molecule has 2 aromatic carbocycles. The fraction of sp³-hybridized carbons (Fsp3) is 0.459. The van der Waals surface area contributed by atoms with E-state index in [0.29, 0.717) is 34.5 Å². The molecule has 0 unspecified atom stereocenters. The minimum Gasteiger partial charge on any atom is -0.494 e. The summed E-state index contributed by atoms with van der Waals surface area (Å²) in [5.74, 6) is 2.68. The van der Waals surface area contributed by atoms with Crippen LogP contribution in [0, 0.1) is 0 Å². The van der Waals surface area contributed by atoms with Crippen molar-refractivity contribution in [1.82, 2.24) is 19.8 Å². The van der Waals surface area contributed by atoms with Crippen LogP contribution in [0.25, 0.3) is 11.4 Å². The van der Waals surface area contributed by atoms with Gasteiger partial charge in [-0.2, -0.15) is 0 Å². The lowest BCUT2D eigenvalue weighted by Crippen LogP contribution is -2.52. The molecule has 2 aliphatic heterocycles. The van der Waals surface area contributed by atoms with Crippen LogP contribution in [0.4, 0.5) is 17.1 Å². The Morgan fingerprint density at radius 1 is 1.06 bits per heavy atom. The van der Waals surface area contributed by atoms with Crippen molar-refractivity contribution in [3.63, 3.8) is 0 Å². The number of nitrogens with zero attached hydrogens (tertiary/aromatic N) is 7. The first-order valence-corrected chi connectivity index (χ1v) is 20.1. The van der Waals surface area contributed by atoms with E-state index < -0.39 is 7.92 Å². The maximum atomic E-state index is 6.00. The second kappa shape index (κ2) is 17.5. The van der Waals surface area contributed by atoms with Crippen LogP contribution in [0.3, 0.4) is 0 Å². The SMILES string of the molecule is C=N/C=C(/Br)C(=Nc1ccc(-c2ncc(OCC)cn2)cc1P(C)C)Nc1cc(CC)c(N2CCC(N3CCN(C)CC3)CC2)cc1OC. The summed E-state index contributed by atoms with van der Waals surface area (Å²) >= 11 is 3.70. The zero-order valence-electron chi connectivity index (χ0n) is 29.7. The number of aromatic nitrogens is 2. The first kappa shape index (κ1) is 36.9. The highest BCUT2D eigenvalue weighted by Gasteiger charge is 2.28. The highest BCUT2D eigenvalue weighted by atomic mass is 79.9. The van der Waals surface area contributed by atoms with Crippen molar-refractivity contribution in [2.75, 3.05) is 83.6 Å². The van der Waals surface area contributed by atoms with Crippen molar-refractivity contribution in [1.29, 1.82) is 0 Å². The van der Waals surface area contributed by atoms with Crippen LogP contribution < -0.4 is 25.0 Å². The van der Waals surface area contributed by atoms with Gasteiger partial charge in [0.1, 0.15) is 11.6 Å². The third-order valence-corrected chi connectivity index (χ3v) is 11.1. The van der Waals surface area contributed by atoms with Gasteiger partial charge < -0.3 is 24.6 Å². The molecule has 0 aliphatic carbocycles. The largest absolute Gasteiger partial charge is 0.494 e. The number of nitrogens with one attached hydrogen (secondary N) is 1. The summed E-state index contributed by atoms with van der Waals surface area (Å²) in [4.78, 5) is 25.9. The van der Waals surface area contributed by atoms with Crippen molar-refractivity contribution >= 4 is 58.8 Å². The van der Waals surface area contributed by atoms with E-state index in [1.165, 1.54) is 37.2 Å². The average molecular weight is 750 g/mol. The third kappa shape index (κ3) is 9.25. The van der Waals surface area contributed by atoms with Gasteiger partial charge >= 0.3 is 0 Å². The number of hydrogen-bond acceptors (Lipinski definition) is 9. The lowest BCUT2D eigenvalue weighted by atomic mass is 9.99. The number of rotatable bonds is 12. The van der Waals surface area contributed by atoms with E-state index >= 15 is 0 Å². The number of piperazine rings is 1. The molecule has 3 heterocycles. The number of methoxy groups -OCH3 is 1. The van der Waals surface area contributed by atoms with Crippen molar-refractivity contribution in [3.05, 3.63) is 59.0 Å². The molecule has 3 aromatic rings. The lowest BCUT2D eigenvalue weighted by molar-refractivity contribution is 0.0982. The maximum absolute atomic E-state index is 6.00. The second-order valence-electron chi connectivity index (χ2n) is 12.6. The number of anilines is 2. The smallest absolute Gasteiger partial charge is 0.159 e. The summed E-state index contributed by atoms with van der Waals surface area (Å²) in [5, 5.41) is 4.71. The number of piperidine rings is 1. The van der Waals surface area contributed by atoms with Crippen LogP contribution in [0.1, 0.15) is 32.3 Å². The first-order chi connectivity index (χ1) is 23.7. The molecule has 10 nitrogen and oxygen atoms in total. The summed E-state index contributed by atoms with van der Waals surface area (Å²) in [5.41, 5.74) is 5.16. The molecule has 0 bridgehead atoms. The summed E-state index contributed by atoms with van der Waals surface area (Å²) in [6.45, 7) is 19.6. The van der Waals surface area contributed by atoms with Gasteiger partial charge in [0.25, 0.3) is 0 Å². The molecule has 1 aromatic heterocycles. The summed E-state index contributed by atoms with van der Waals surface area (Å²) in [6.07, 6.45) is 8.34. The van der Waals surface area contributed by atoms with Crippen molar-refractivity contribution in [3.8, 4) is 22.9 Å². The zero-order valence-corrected chi connectivity index (χ0v) is 32.2. The van der Waals surface area contributed by atoms with Crippen molar-refractivity contribution in [2.24, 2.45) is 9.98 Å². The highest BCUT2D eigenvalue weighted by Crippen LogP contribution is 2.37. The maximum Gasteiger partial charge on any atom is 0.159 e. The van der Waals surface area contributed by atoms with E-state index in [2.05, 4.69) is 103 Å². The fourth-order valence-corrected chi connectivity index (χ4v) is 7.78. The van der Waals surface area contributed by atoms with E-state index in [-0.39, 0.29) is 0 Å². The predicted molar refractivity (Wildman–Crippen MR) is 211 cm³/mol. The molecule has 5 rings (SSSR count). The summed E-state index contributed by atoms with van der Waals surface area (Å²) in [7, 11) is 3.44. The molecule has 0 saturated carbocycles. The molecule has 0 amide bonds. The summed E-state index contributed by atoms with van der Waals surface area (Å²) in [6, 6.07) is 11.2.